The lowest BCUT2D eigenvalue weighted by Gasteiger charge is -2.00. The lowest BCUT2D eigenvalue weighted by molar-refractivity contribution is -0.125. The van der Waals surface area contributed by atoms with Crippen LogP contribution < -0.4 is 5.73 Å². The molecule has 0 saturated carbocycles. The Labute approximate surface area is 73.4 Å². The Morgan fingerprint density at radius 3 is 2.70 bits per heavy atom. The number of carbonyl (C=O) groups is 1. The average molecular weight is 255 g/mol. The Kier molecular flexibility index (Phi) is 4.63. The summed E-state index contributed by atoms with van der Waals surface area (Å²) in [6, 6.07) is 0. The van der Waals surface area contributed by atoms with Gasteiger partial charge in [0.05, 0.1) is 0 Å². The van der Waals surface area contributed by atoms with Gasteiger partial charge in [-0.3, -0.25) is 4.79 Å². The van der Waals surface area contributed by atoms with Crippen molar-refractivity contribution in [1.82, 2.24) is 0 Å². The fourth-order valence-corrected chi connectivity index (χ4v) is 0.644. The van der Waals surface area contributed by atoms with Gasteiger partial charge >= 0.3 is 0 Å². The summed E-state index contributed by atoms with van der Waals surface area (Å²) >= 11 is 2.10. The first-order valence-electron chi connectivity index (χ1n) is 2.83. The van der Waals surface area contributed by atoms with Crippen LogP contribution >= 0.6 is 22.6 Å². The Hall–Kier alpha value is -0.100. The van der Waals surface area contributed by atoms with Gasteiger partial charge in [-0.2, -0.15) is 0 Å². The number of hydrogen-bond donors (Lipinski definition) is 2. The molecule has 0 radical (unpaired) electrons. The van der Waals surface area contributed by atoms with Gasteiger partial charge in [-0.05, 0) is 33.1 Å². The van der Waals surface area contributed by atoms with Gasteiger partial charge in [0.15, 0.2) is 0 Å². The molecule has 0 heterocycles. The van der Waals surface area contributed by atoms with Crippen molar-refractivity contribution < 1.29 is 9.90 Å². The first-order valence-corrected chi connectivity index (χ1v) is 3.91. The molecule has 1 amide bonds. The zero-order chi connectivity index (χ0) is 8.15. The summed E-state index contributed by atoms with van der Waals surface area (Å²) in [6.07, 6.45) is 1.03. The summed E-state index contributed by atoms with van der Waals surface area (Å²) in [5.41, 5.74) is 4.80. The monoisotopic (exact) mass is 255 g/mol. The maximum atomic E-state index is 10.3. The molecule has 0 fully saturated rings. The van der Waals surface area contributed by atoms with E-state index in [0.29, 0.717) is 6.42 Å². The van der Waals surface area contributed by atoms with E-state index in [1.165, 1.54) is 0 Å². The van der Waals surface area contributed by atoms with Crippen molar-refractivity contribution in [2.24, 2.45) is 5.73 Å². The third-order valence-electron chi connectivity index (χ3n) is 0.951. The standard InChI is InChI=1S/C6H10INO2/c1-4(7)2-3-5(9)6(8)10/h2,5,9H,3H2,1H3,(H2,8,10). The highest BCUT2D eigenvalue weighted by molar-refractivity contribution is 14.1. The van der Waals surface area contributed by atoms with Crippen LogP contribution in [-0.4, -0.2) is 17.1 Å². The summed E-state index contributed by atoms with van der Waals surface area (Å²) in [4.78, 5) is 10.3. The van der Waals surface area contributed by atoms with Crippen LogP contribution in [0.25, 0.3) is 0 Å². The fourth-order valence-electron chi connectivity index (χ4n) is 0.390. The minimum Gasteiger partial charge on any atom is -0.383 e. The van der Waals surface area contributed by atoms with Crippen molar-refractivity contribution in [2.45, 2.75) is 19.4 Å². The maximum absolute atomic E-state index is 10.3. The molecule has 58 valence electrons. The Balaban J connectivity index is 3.70. The van der Waals surface area contributed by atoms with E-state index in [4.69, 9.17) is 10.8 Å². The fraction of sp³-hybridized carbons (Fsp3) is 0.500. The van der Waals surface area contributed by atoms with E-state index >= 15 is 0 Å². The lowest BCUT2D eigenvalue weighted by atomic mass is 10.2. The number of halogens is 1. The molecule has 0 rings (SSSR count). The molecule has 0 aliphatic carbocycles. The van der Waals surface area contributed by atoms with E-state index in [0.717, 1.165) is 3.58 Å². The number of rotatable bonds is 3. The average Bonchev–Trinajstić information content (AvgIpc) is 1.82. The van der Waals surface area contributed by atoms with Crippen LogP contribution in [0.2, 0.25) is 0 Å². The van der Waals surface area contributed by atoms with Crippen LogP contribution in [0.4, 0.5) is 0 Å². The van der Waals surface area contributed by atoms with E-state index < -0.39 is 12.0 Å². The van der Waals surface area contributed by atoms with Crippen LogP contribution in [-0.2, 0) is 4.79 Å². The highest BCUT2D eigenvalue weighted by atomic mass is 127. The number of hydrogen-bond acceptors (Lipinski definition) is 2. The SMILES string of the molecule is CC(I)=CCC(O)C(N)=O. The minimum absolute atomic E-state index is 0.310. The Morgan fingerprint density at radius 1 is 1.90 bits per heavy atom. The maximum Gasteiger partial charge on any atom is 0.246 e. The van der Waals surface area contributed by atoms with Crippen LogP contribution in [0, 0.1) is 0 Å². The molecule has 3 nitrogen and oxygen atoms in total. The van der Waals surface area contributed by atoms with Crippen LogP contribution in [0.5, 0.6) is 0 Å². The van der Waals surface area contributed by atoms with E-state index in [1.54, 1.807) is 6.08 Å². The highest BCUT2D eigenvalue weighted by Crippen LogP contribution is 2.05. The number of nitrogens with two attached hydrogens (primary N) is 1. The largest absolute Gasteiger partial charge is 0.383 e. The molecule has 4 heteroatoms. The second kappa shape index (κ2) is 4.68. The van der Waals surface area contributed by atoms with Gasteiger partial charge in [-0.25, -0.2) is 0 Å². The molecule has 0 spiro atoms. The Morgan fingerprint density at radius 2 is 2.40 bits per heavy atom. The van der Waals surface area contributed by atoms with Crippen molar-refractivity contribution in [2.75, 3.05) is 0 Å². The minimum atomic E-state index is -1.04. The van der Waals surface area contributed by atoms with Gasteiger partial charge in [0.25, 0.3) is 0 Å². The third-order valence-corrected chi connectivity index (χ3v) is 1.39. The highest BCUT2D eigenvalue weighted by Gasteiger charge is 2.07. The van der Waals surface area contributed by atoms with Gasteiger partial charge in [0.2, 0.25) is 5.91 Å². The van der Waals surface area contributed by atoms with Crippen molar-refractivity contribution in [3.63, 3.8) is 0 Å². The topological polar surface area (TPSA) is 63.3 Å². The van der Waals surface area contributed by atoms with Crippen LogP contribution in [0.3, 0.4) is 0 Å². The normalized spacial score (nSPS) is 14.9. The molecule has 0 bridgehead atoms. The van der Waals surface area contributed by atoms with Gasteiger partial charge in [-0.15, -0.1) is 0 Å². The summed E-state index contributed by atoms with van der Waals surface area (Å²) in [6.45, 7) is 1.88. The van der Waals surface area contributed by atoms with E-state index in [2.05, 4.69) is 22.6 Å². The zero-order valence-corrected chi connectivity index (χ0v) is 7.83. The van der Waals surface area contributed by atoms with Crippen molar-refractivity contribution in [1.29, 1.82) is 0 Å². The van der Waals surface area contributed by atoms with Crippen molar-refractivity contribution in [3.8, 4) is 0 Å². The first kappa shape index (κ1) is 9.90. The number of primary amides is 1. The summed E-state index contributed by atoms with van der Waals surface area (Å²) in [7, 11) is 0. The van der Waals surface area contributed by atoms with E-state index in [-0.39, 0.29) is 0 Å². The number of aliphatic hydroxyl groups is 1. The van der Waals surface area contributed by atoms with E-state index in [9.17, 15) is 4.79 Å². The number of aliphatic hydroxyl groups excluding tert-OH is 1. The van der Waals surface area contributed by atoms with Crippen molar-refractivity contribution in [3.05, 3.63) is 9.66 Å². The number of allylic oxidation sites excluding steroid dienone is 1. The molecule has 0 aliphatic heterocycles. The predicted octanol–water partition coefficient (Wildman–Crippen LogP) is 0.562. The zero-order valence-electron chi connectivity index (χ0n) is 5.67. The molecule has 0 saturated heterocycles. The first-order chi connectivity index (χ1) is 4.54. The molecule has 10 heavy (non-hydrogen) atoms. The number of amides is 1. The second-order valence-electron chi connectivity index (χ2n) is 1.94. The van der Waals surface area contributed by atoms with Crippen molar-refractivity contribution >= 4 is 28.5 Å². The Bertz CT molecular complexity index is 152. The molecular weight excluding hydrogens is 245 g/mol. The van der Waals surface area contributed by atoms with Gasteiger partial charge in [0.1, 0.15) is 6.10 Å². The molecule has 1 atom stereocenters. The molecule has 0 aromatic heterocycles. The molecule has 0 aromatic carbocycles. The van der Waals surface area contributed by atoms with Crippen LogP contribution in [0.15, 0.2) is 9.66 Å². The van der Waals surface area contributed by atoms with Crippen LogP contribution in [0.1, 0.15) is 13.3 Å². The smallest absolute Gasteiger partial charge is 0.246 e. The second-order valence-corrected chi connectivity index (χ2v) is 3.65. The quantitative estimate of drug-likeness (QED) is 0.724. The molecular formula is C6H10INO2. The lowest BCUT2D eigenvalue weighted by Crippen LogP contribution is -2.27. The third kappa shape index (κ3) is 4.75. The summed E-state index contributed by atoms with van der Waals surface area (Å²) in [5.74, 6) is -0.672. The molecule has 3 N–H and O–H groups in total. The van der Waals surface area contributed by atoms with Gasteiger partial charge in [-0.1, -0.05) is 6.08 Å². The molecule has 0 aromatic rings. The van der Waals surface area contributed by atoms with E-state index in [1.807, 2.05) is 6.92 Å². The molecule has 1 unspecified atom stereocenters. The van der Waals surface area contributed by atoms with Gasteiger partial charge < -0.3 is 10.8 Å². The predicted molar refractivity (Wildman–Crippen MR) is 47.6 cm³/mol. The number of carbonyl (C=O) groups excluding carboxylic acids is 1. The molecule has 0 aliphatic rings. The van der Waals surface area contributed by atoms with Gasteiger partial charge in [0, 0.05) is 6.42 Å². The summed E-state index contributed by atoms with van der Waals surface area (Å²) in [5, 5.41) is 8.85. The summed E-state index contributed by atoms with van der Waals surface area (Å²) < 4.78 is 1.04.